The first-order valence-corrected chi connectivity index (χ1v) is 13.9. The number of benzene rings is 2. The van der Waals surface area contributed by atoms with Crippen LogP contribution in [0.15, 0.2) is 57.7 Å². The zero-order valence-corrected chi connectivity index (χ0v) is 25.5. The van der Waals surface area contributed by atoms with Gasteiger partial charge in [-0.2, -0.15) is 0 Å². The van der Waals surface area contributed by atoms with Crippen molar-refractivity contribution in [2.45, 2.75) is 52.6 Å². The number of carbonyl (C=O) groups is 3. The number of aromatic nitrogens is 4. The summed E-state index contributed by atoms with van der Waals surface area (Å²) in [5.41, 5.74) is -1.30. The van der Waals surface area contributed by atoms with Gasteiger partial charge in [-0.15, -0.1) is 10.2 Å². The van der Waals surface area contributed by atoms with Crippen molar-refractivity contribution in [2.75, 3.05) is 12.4 Å². The average Bonchev–Trinajstić information content (AvgIpc) is 3.50. The van der Waals surface area contributed by atoms with Crippen molar-refractivity contribution < 1.29 is 32.3 Å². The van der Waals surface area contributed by atoms with Crippen LogP contribution in [0.2, 0.25) is 0 Å². The third-order valence-corrected chi connectivity index (χ3v) is 7.14. The summed E-state index contributed by atoms with van der Waals surface area (Å²) in [7, 11) is 1.14. The highest BCUT2D eigenvalue weighted by molar-refractivity contribution is 5.98. The van der Waals surface area contributed by atoms with Gasteiger partial charge in [0.25, 0.3) is 11.4 Å². The minimum atomic E-state index is -1.22. The summed E-state index contributed by atoms with van der Waals surface area (Å²) >= 11 is 0. The van der Waals surface area contributed by atoms with Gasteiger partial charge in [-0.3, -0.25) is 24.3 Å². The Labute approximate surface area is 256 Å². The molecule has 0 aliphatic heterocycles. The fourth-order valence-corrected chi connectivity index (χ4v) is 4.63. The number of ether oxygens (including phenoxy) is 1. The number of Topliss-reactive ketones (excluding diaryl/α,β-unsaturated/α-hetero) is 1. The summed E-state index contributed by atoms with van der Waals surface area (Å²) in [6, 6.07) is 10.6. The molecular formula is C31H32F2N6O6. The fourth-order valence-electron chi connectivity index (χ4n) is 4.63. The van der Waals surface area contributed by atoms with Crippen LogP contribution in [0.1, 0.15) is 55.5 Å². The Bertz CT molecular complexity index is 1800. The topological polar surface area (TPSA) is 158 Å². The van der Waals surface area contributed by atoms with E-state index in [1.807, 2.05) is 0 Å². The maximum absolute atomic E-state index is 14.5. The molecule has 2 aromatic carbocycles. The third kappa shape index (κ3) is 6.95. The molecule has 0 aliphatic carbocycles. The van der Waals surface area contributed by atoms with Crippen molar-refractivity contribution in [3.05, 3.63) is 93.6 Å². The second-order valence-corrected chi connectivity index (χ2v) is 11.1. The molecule has 236 valence electrons. The van der Waals surface area contributed by atoms with Crippen LogP contribution in [0.3, 0.4) is 0 Å². The molecule has 0 radical (unpaired) electrons. The van der Waals surface area contributed by atoms with Gasteiger partial charge < -0.3 is 14.5 Å². The lowest BCUT2D eigenvalue weighted by Gasteiger charge is -2.22. The largest absolute Gasteiger partial charge is 0.453 e. The van der Waals surface area contributed by atoms with Crippen molar-refractivity contribution in [1.29, 1.82) is 0 Å². The summed E-state index contributed by atoms with van der Waals surface area (Å²) in [5.74, 6) is -3.82. The highest BCUT2D eigenvalue weighted by atomic mass is 19.1. The maximum Gasteiger partial charge on any atom is 0.411 e. The van der Waals surface area contributed by atoms with Crippen LogP contribution < -0.4 is 16.2 Å². The molecule has 1 atom stereocenters. The first-order valence-electron chi connectivity index (χ1n) is 13.9. The van der Waals surface area contributed by atoms with Gasteiger partial charge in [0.05, 0.1) is 24.3 Å². The number of halogens is 2. The van der Waals surface area contributed by atoms with Crippen LogP contribution in [-0.4, -0.2) is 50.7 Å². The Hall–Kier alpha value is -5.27. The van der Waals surface area contributed by atoms with E-state index in [0.29, 0.717) is 5.56 Å². The molecule has 0 bridgehead atoms. The van der Waals surface area contributed by atoms with Gasteiger partial charge in [0, 0.05) is 17.2 Å². The normalized spacial score (nSPS) is 12.1. The molecule has 4 rings (SSSR count). The van der Waals surface area contributed by atoms with Crippen molar-refractivity contribution in [3.63, 3.8) is 0 Å². The molecule has 1 unspecified atom stereocenters. The Morgan fingerprint density at radius 3 is 2.38 bits per heavy atom. The maximum atomic E-state index is 14.5. The Morgan fingerprint density at radius 1 is 1.07 bits per heavy atom. The smallest absolute Gasteiger partial charge is 0.411 e. The van der Waals surface area contributed by atoms with E-state index >= 15 is 0 Å². The summed E-state index contributed by atoms with van der Waals surface area (Å²) in [5, 5.41) is 12.7. The third-order valence-electron chi connectivity index (χ3n) is 7.14. The second kappa shape index (κ2) is 13.2. The molecule has 45 heavy (non-hydrogen) atoms. The summed E-state index contributed by atoms with van der Waals surface area (Å²) in [4.78, 5) is 56.8. The first-order chi connectivity index (χ1) is 21.2. The van der Waals surface area contributed by atoms with E-state index in [4.69, 9.17) is 4.42 Å². The van der Waals surface area contributed by atoms with E-state index in [2.05, 4.69) is 30.6 Å². The summed E-state index contributed by atoms with van der Waals surface area (Å²) in [6.45, 7) is 7.49. The molecule has 0 spiro atoms. The quantitative estimate of drug-likeness (QED) is 0.244. The van der Waals surface area contributed by atoms with Crippen molar-refractivity contribution in [2.24, 2.45) is 5.92 Å². The lowest BCUT2D eigenvalue weighted by atomic mass is 9.84. The number of hydrogen-bond donors (Lipinski definition) is 2. The molecular weight excluding hydrogens is 590 g/mol. The van der Waals surface area contributed by atoms with E-state index in [1.165, 1.54) is 13.0 Å². The van der Waals surface area contributed by atoms with Crippen molar-refractivity contribution in [1.82, 2.24) is 25.1 Å². The highest BCUT2D eigenvalue weighted by Crippen LogP contribution is 2.33. The molecule has 0 aliphatic rings. The number of nitrogens with zero attached hydrogens (tertiary/aromatic N) is 4. The van der Waals surface area contributed by atoms with Gasteiger partial charge in [-0.05, 0) is 32.8 Å². The number of amides is 2. The van der Waals surface area contributed by atoms with Crippen molar-refractivity contribution in [3.8, 4) is 11.4 Å². The number of methoxy groups -OCH3 is 1. The number of rotatable bonds is 10. The van der Waals surface area contributed by atoms with Crippen LogP contribution >= 0.6 is 0 Å². The average molecular weight is 623 g/mol. The molecule has 0 saturated heterocycles. The van der Waals surface area contributed by atoms with Crippen LogP contribution in [0, 0.1) is 24.5 Å². The van der Waals surface area contributed by atoms with Crippen LogP contribution in [0.25, 0.3) is 11.4 Å². The minimum Gasteiger partial charge on any atom is -0.453 e. The predicted molar refractivity (Wildman–Crippen MR) is 159 cm³/mol. The molecule has 14 heteroatoms. The first kappa shape index (κ1) is 32.6. The van der Waals surface area contributed by atoms with Gasteiger partial charge >= 0.3 is 6.09 Å². The van der Waals surface area contributed by atoms with Gasteiger partial charge in [0.2, 0.25) is 17.6 Å². The molecule has 2 N–H and O–H groups in total. The van der Waals surface area contributed by atoms with Crippen LogP contribution in [-0.2, 0) is 21.5 Å². The summed E-state index contributed by atoms with van der Waals surface area (Å²) in [6.07, 6.45) is -0.893. The van der Waals surface area contributed by atoms with Gasteiger partial charge in [-0.1, -0.05) is 50.2 Å². The Kier molecular flexibility index (Phi) is 9.54. The Balaban J connectivity index is 1.63. The number of nitrogens with one attached hydrogen (secondary N) is 2. The van der Waals surface area contributed by atoms with Crippen LogP contribution in [0.4, 0.5) is 19.3 Å². The lowest BCUT2D eigenvalue weighted by Crippen LogP contribution is -2.47. The van der Waals surface area contributed by atoms with E-state index in [0.717, 1.165) is 23.8 Å². The molecule has 4 aromatic rings. The van der Waals surface area contributed by atoms with Gasteiger partial charge in [0.15, 0.2) is 0 Å². The van der Waals surface area contributed by atoms with Crippen LogP contribution in [0.5, 0.6) is 0 Å². The molecule has 0 saturated carbocycles. The number of anilines is 1. The zero-order chi connectivity index (χ0) is 33.1. The number of aryl methyl sites for hydroxylation is 1. The molecule has 12 nitrogen and oxygen atoms in total. The van der Waals surface area contributed by atoms with E-state index in [-0.39, 0.29) is 28.7 Å². The number of ketones is 1. The lowest BCUT2D eigenvalue weighted by molar-refractivity contribution is -0.122. The van der Waals surface area contributed by atoms with E-state index < -0.39 is 64.8 Å². The molecule has 0 fully saturated rings. The second-order valence-electron chi connectivity index (χ2n) is 11.1. The minimum absolute atomic E-state index is 0.0766. The zero-order valence-electron chi connectivity index (χ0n) is 25.5. The van der Waals surface area contributed by atoms with E-state index in [9.17, 15) is 28.0 Å². The van der Waals surface area contributed by atoms with Gasteiger partial charge in [-0.25, -0.2) is 18.6 Å². The predicted octanol–water partition coefficient (Wildman–Crippen LogP) is 4.41. The highest BCUT2D eigenvalue weighted by Gasteiger charge is 2.36. The number of carbonyl (C=O) groups excluding carboxylic acids is 3. The standard InChI is InChI=1S/C31H32F2N6O6/c1-16(2)23(25(41)27-37-38-29(45-27)31(4,5)20-13-12-19(32)14-21(20)33)35-22(40)15-39-26(18-10-8-7-9-11-18)34-17(3)24(28(39)42)36-30(43)44-6/h7-14,16,23H,15H2,1-6H3,(H,35,40)(H,36,43). The summed E-state index contributed by atoms with van der Waals surface area (Å²) < 4.78 is 39.4. The Morgan fingerprint density at radius 2 is 1.76 bits per heavy atom. The molecule has 2 heterocycles. The SMILES string of the molecule is COC(=O)Nc1c(C)nc(-c2ccccc2)n(CC(=O)NC(C(=O)c2nnc(C(C)(C)c3ccc(F)cc3F)o2)C(C)C)c1=O. The monoisotopic (exact) mass is 622 g/mol. The van der Waals surface area contributed by atoms with Crippen molar-refractivity contribution >= 4 is 23.5 Å². The van der Waals surface area contributed by atoms with E-state index in [1.54, 1.807) is 58.0 Å². The molecule has 2 amide bonds. The van der Waals surface area contributed by atoms with Gasteiger partial charge in [0.1, 0.15) is 29.7 Å². The fraction of sp³-hybridized carbons (Fsp3) is 0.323. The number of hydrogen-bond acceptors (Lipinski definition) is 9. The molecule has 2 aromatic heterocycles.